The summed E-state index contributed by atoms with van der Waals surface area (Å²) >= 11 is 6.63. The van der Waals surface area contributed by atoms with Gasteiger partial charge in [-0.25, -0.2) is 0 Å². The van der Waals surface area contributed by atoms with Crippen LogP contribution in [-0.4, -0.2) is 22.0 Å². The van der Waals surface area contributed by atoms with Crippen molar-refractivity contribution in [2.24, 2.45) is 0 Å². The Kier molecular flexibility index (Phi) is 5.08. The number of hydrogen-bond donors (Lipinski definition) is 2. The molecule has 108 valence electrons. The van der Waals surface area contributed by atoms with Crippen LogP contribution in [0.25, 0.3) is 0 Å². The summed E-state index contributed by atoms with van der Waals surface area (Å²) in [6.45, 7) is 0. The Labute approximate surface area is 137 Å². The van der Waals surface area contributed by atoms with Crippen LogP contribution in [-0.2, 0) is 11.2 Å². The lowest BCUT2D eigenvalue weighted by Gasteiger charge is -2.07. The lowest BCUT2D eigenvalue weighted by Crippen LogP contribution is -2.13. The van der Waals surface area contributed by atoms with Crippen molar-refractivity contribution < 1.29 is 14.7 Å². The average Bonchev–Trinajstić information content (AvgIpc) is 2.43. The van der Waals surface area contributed by atoms with E-state index in [1.807, 2.05) is 6.07 Å². The summed E-state index contributed by atoms with van der Waals surface area (Å²) in [5.41, 5.74) is 1.42. The highest BCUT2D eigenvalue weighted by Crippen LogP contribution is 2.22. The third-order valence-electron chi connectivity index (χ3n) is 2.59. The maximum absolute atomic E-state index is 12.2. The molecule has 1 amide bonds. The van der Waals surface area contributed by atoms with Gasteiger partial charge in [-0.15, -0.1) is 0 Å². The van der Waals surface area contributed by atoms with Gasteiger partial charge in [0.1, 0.15) is 0 Å². The number of anilines is 1. The molecule has 21 heavy (non-hydrogen) atoms. The fourth-order valence-electron chi connectivity index (χ4n) is 1.63. The van der Waals surface area contributed by atoms with Crippen LogP contribution < -0.4 is 5.32 Å². The Morgan fingerprint density at radius 3 is 2.57 bits per heavy atom. The monoisotopic (exact) mass is 412 g/mol. The van der Waals surface area contributed by atoms with Crippen LogP contribution in [0.4, 0.5) is 5.69 Å². The van der Waals surface area contributed by atoms with E-state index in [-0.39, 0.29) is 12.3 Å². The molecule has 0 saturated carbocycles. The number of aliphatic carboxylic acids is 1. The average molecular weight is 414 g/mol. The van der Waals surface area contributed by atoms with Gasteiger partial charge in [-0.05, 0) is 46.3 Å². The molecule has 0 aliphatic rings. The molecule has 5 nitrogen and oxygen atoms in total. The van der Waals surface area contributed by atoms with Crippen molar-refractivity contribution >= 4 is 49.4 Å². The Balaban J connectivity index is 2.12. The maximum atomic E-state index is 12.2. The topological polar surface area (TPSA) is 79.3 Å². The van der Waals surface area contributed by atoms with Crippen LogP contribution in [0.15, 0.2) is 45.5 Å². The second-order valence-electron chi connectivity index (χ2n) is 4.19. The summed E-state index contributed by atoms with van der Waals surface area (Å²) < 4.78 is 1.48. The van der Waals surface area contributed by atoms with E-state index in [0.29, 0.717) is 21.4 Å². The summed E-state index contributed by atoms with van der Waals surface area (Å²) in [6, 6.07) is 8.48. The highest BCUT2D eigenvalue weighted by atomic mass is 79.9. The molecule has 2 rings (SSSR count). The Morgan fingerprint density at radius 2 is 1.95 bits per heavy atom. The van der Waals surface area contributed by atoms with Gasteiger partial charge >= 0.3 is 5.97 Å². The van der Waals surface area contributed by atoms with Crippen LogP contribution in [0.1, 0.15) is 16.1 Å². The molecule has 0 aliphatic heterocycles. The minimum Gasteiger partial charge on any atom is -0.481 e. The fraction of sp³-hybridized carbons (Fsp3) is 0.0714. The molecule has 0 bridgehead atoms. The molecule has 1 heterocycles. The van der Waals surface area contributed by atoms with Crippen LogP contribution in [0.5, 0.6) is 0 Å². The number of carboxylic acid groups (broad SMARTS) is 1. The second-order valence-corrected chi connectivity index (χ2v) is 5.96. The molecule has 2 aromatic rings. The molecule has 0 unspecified atom stereocenters. The van der Waals surface area contributed by atoms with E-state index in [9.17, 15) is 9.59 Å². The fourth-order valence-corrected chi connectivity index (χ4v) is 2.42. The Morgan fingerprint density at radius 1 is 1.19 bits per heavy atom. The molecule has 2 N–H and O–H groups in total. The first-order valence-electron chi connectivity index (χ1n) is 5.89. The highest BCUT2D eigenvalue weighted by Gasteiger charge is 2.11. The zero-order chi connectivity index (χ0) is 15.4. The summed E-state index contributed by atoms with van der Waals surface area (Å²) in [5, 5.41) is 11.4. The third-order valence-corrected chi connectivity index (χ3v) is 3.77. The van der Waals surface area contributed by atoms with Gasteiger partial charge < -0.3 is 10.4 Å². The minimum atomic E-state index is -0.947. The Hall–Kier alpha value is -1.73. The molecule has 0 spiro atoms. The molecule has 0 atom stereocenters. The molecular weight excluding hydrogens is 404 g/mol. The molecule has 0 saturated heterocycles. The molecule has 0 radical (unpaired) electrons. The van der Waals surface area contributed by atoms with E-state index in [0.717, 1.165) is 4.47 Å². The molecule has 7 heteroatoms. The van der Waals surface area contributed by atoms with Crippen molar-refractivity contribution in [2.45, 2.75) is 6.42 Å². The molecule has 0 aliphatic carbocycles. The molecule has 0 fully saturated rings. The number of pyridine rings is 1. The number of hydrogen-bond acceptors (Lipinski definition) is 3. The van der Waals surface area contributed by atoms with Gasteiger partial charge in [0.2, 0.25) is 0 Å². The highest BCUT2D eigenvalue weighted by molar-refractivity contribution is 9.11. The van der Waals surface area contributed by atoms with Crippen molar-refractivity contribution in [3.8, 4) is 0 Å². The lowest BCUT2D eigenvalue weighted by molar-refractivity contribution is -0.136. The number of rotatable bonds is 4. The van der Waals surface area contributed by atoms with Gasteiger partial charge in [0.15, 0.2) is 0 Å². The van der Waals surface area contributed by atoms with Crippen LogP contribution in [0.2, 0.25) is 0 Å². The predicted molar refractivity (Wildman–Crippen MR) is 85.4 cm³/mol. The molecule has 1 aromatic carbocycles. The first-order chi connectivity index (χ1) is 9.95. The number of nitrogens with zero attached hydrogens (tertiary/aromatic N) is 1. The predicted octanol–water partition coefficient (Wildman–Crippen LogP) is 3.49. The van der Waals surface area contributed by atoms with Crippen molar-refractivity contribution in [3.63, 3.8) is 0 Å². The zero-order valence-electron chi connectivity index (χ0n) is 10.6. The quantitative estimate of drug-likeness (QED) is 0.803. The summed E-state index contributed by atoms with van der Waals surface area (Å²) in [7, 11) is 0. The SMILES string of the molecule is O=C(O)Cc1ccc(NC(=O)c2cc(Br)ccc2Br)cn1. The van der Waals surface area contributed by atoms with E-state index in [1.54, 1.807) is 24.3 Å². The number of benzene rings is 1. The van der Waals surface area contributed by atoms with E-state index in [4.69, 9.17) is 5.11 Å². The van der Waals surface area contributed by atoms with Gasteiger partial charge in [-0.2, -0.15) is 0 Å². The first-order valence-corrected chi connectivity index (χ1v) is 7.47. The number of amides is 1. The van der Waals surface area contributed by atoms with Crippen molar-refractivity contribution in [3.05, 3.63) is 56.7 Å². The number of aromatic nitrogens is 1. The number of carbonyl (C=O) groups is 2. The molecular formula is C14H10Br2N2O3. The summed E-state index contributed by atoms with van der Waals surface area (Å²) in [5.74, 6) is -1.23. The smallest absolute Gasteiger partial charge is 0.309 e. The number of halogens is 2. The second kappa shape index (κ2) is 6.82. The number of carbonyl (C=O) groups excluding carboxylic acids is 1. The van der Waals surface area contributed by atoms with Crippen molar-refractivity contribution in [1.82, 2.24) is 4.98 Å². The van der Waals surface area contributed by atoms with Crippen LogP contribution in [0, 0.1) is 0 Å². The summed E-state index contributed by atoms with van der Waals surface area (Å²) in [6.07, 6.45) is 1.29. The van der Waals surface area contributed by atoms with Gasteiger partial charge in [-0.1, -0.05) is 15.9 Å². The van der Waals surface area contributed by atoms with Gasteiger partial charge in [-0.3, -0.25) is 14.6 Å². The minimum absolute atomic E-state index is 0.147. The number of nitrogens with one attached hydrogen (secondary N) is 1. The maximum Gasteiger partial charge on any atom is 0.309 e. The zero-order valence-corrected chi connectivity index (χ0v) is 13.8. The van der Waals surface area contributed by atoms with E-state index < -0.39 is 5.97 Å². The van der Waals surface area contributed by atoms with Gasteiger partial charge in [0, 0.05) is 8.95 Å². The number of carboxylic acids is 1. The van der Waals surface area contributed by atoms with Crippen molar-refractivity contribution in [1.29, 1.82) is 0 Å². The van der Waals surface area contributed by atoms with Gasteiger partial charge in [0.25, 0.3) is 5.91 Å². The van der Waals surface area contributed by atoms with E-state index in [2.05, 4.69) is 42.2 Å². The largest absolute Gasteiger partial charge is 0.481 e. The van der Waals surface area contributed by atoms with Crippen LogP contribution >= 0.6 is 31.9 Å². The van der Waals surface area contributed by atoms with Crippen LogP contribution in [0.3, 0.4) is 0 Å². The lowest BCUT2D eigenvalue weighted by atomic mass is 10.2. The van der Waals surface area contributed by atoms with Crippen molar-refractivity contribution in [2.75, 3.05) is 5.32 Å². The summed E-state index contributed by atoms with van der Waals surface area (Å²) in [4.78, 5) is 26.7. The van der Waals surface area contributed by atoms with E-state index in [1.165, 1.54) is 6.20 Å². The standard InChI is InChI=1S/C14H10Br2N2O3/c15-8-1-4-12(16)11(5-8)14(21)18-10-3-2-9(17-7-10)6-13(19)20/h1-5,7H,6H2,(H,18,21)(H,19,20). The third kappa shape index (κ3) is 4.37. The van der Waals surface area contributed by atoms with Gasteiger partial charge in [0.05, 0.1) is 29.6 Å². The van der Waals surface area contributed by atoms with E-state index >= 15 is 0 Å². The Bertz CT molecular complexity index is 687. The molecule has 1 aromatic heterocycles. The normalized spacial score (nSPS) is 10.2. The first kappa shape index (κ1) is 15.7.